The highest BCUT2D eigenvalue weighted by Crippen LogP contribution is 2.25. The Bertz CT molecular complexity index is 1010. The quantitative estimate of drug-likeness (QED) is 0.704. The van der Waals surface area contributed by atoms with Crippen LogP contribution in [0.2, 0.25) is 0 Å². The summed E-state index contributed by atoms with van der Waals surface area (Å²) in [6, 6.07) is 27.5. The van der Waals surface area contributed by atoms with Crippen molar-refractivity contribution in [2.24, 2.45) is 0 Å². The second-order valence-electron chi connectivity index (χ2n) is 7.03. The van der Waals surface area contributed by atoms with E-state index in [1.165, 1.54) is 0 Å². The Morgan fingerprint density at radius 3 is 2.38 bits per heavy atom. The number of hydrogen-bond donors (Lipinski definition) is 1. The molecule has 1 saturated heterocycles. The Labute approximate surface area is 170 Å². The first-order valence-corrected chi connectivity index (χ1v) is 9.50. The van der Waals surface area contributed by atoms with Gasteiger partial charge in [0.2, 0.25) is 5.91 Å². The number of carbonyl (C=O) groups excluding carboxylic acids is 1. The van der Waals surface area contributed by atoms with Crippen LogP contribution in [0.15, 0.2) is 78.9 Å². The lowest BCUT2D eigenvalue weighted by Gasteiger charge is -2.23. The molecule has 1 aliphatic heterocycles. The second kappa shape index (κ2) is 8.59. The van der Waals surface area contributed by atoms with Gasteiger partial charge in [0.25, 0.3) is 0 Å². The molecule has 29 heavy (non-hydrogen) atoms. The monoisotopic (exact) mass is 383 g/mol. The number of nitrogens with one attached hydrogen (secondary N) is 1. The highest BCUT2D eigenvalue weighted by molar-refractivity contribution is 5.80. The molecule has 1 atom stereocenters. The predicted octanol–water partition coefficient (Wildman–Crippen LogP) is 3.77. The first-order chi connectivity index (χ1) is 14.2. The van der Waals surface area contributed by atoms with Crippen LogP contribution < -0.4 is 10.1 Å². The van der Waals surface area contributed by atoms with E-state index in [0.29, 0.717) is 25.3 Å². The van der Waals surface area contributed by atoms with Gasteiger partial charge in [0.15, 0.2) is 0 Å². The van der Waals surface area contributed by atoms with Gasteiger partial charge < -0.3 is 10.1 Å². The predicted molar refractivity (Wildman–Crippen MR) is 110 cm³/mol. The van der Waals surface area contributed by atoms with Crippen molar-refractivity contribution in [3.05, 3.63) is 101 Å². The van der Waals surface area contributed by atoms with E-state index in [4.69, 9.17) is 10.00 Å². The minimum Gasteiger partial charge on any atom is -0.489 e. The normalized spacial score (nSPS) is 16.2. The third kappa shape index (κ3) is 4.63. The molecule has 5 heteroatoms. The molecular weight excluding hydrogens is 362 g/mol. The van der Waals surface area contributed by atoms with Gasteiger partial charge >= 0.3 is 0 Å². The van der Waals surface area contributed by atoms with Crippen molar-refractivity contribution in [2.45, 2.75) is 19.3 Å². The molecule has 0 aromatic heterocycles. The minimum absolute atomic E-state index is 0.00201. The number of carbonyl (C=O) groups is 1. The fourth-order valence-electron chi connectivity index (χ4n) is 3.41. The number of hydrogen-bond acceptors (Lipinski definition) is 4. The SMILES string of the molecule is N#Cc1ccc([C@@H]2NC(=O)CN2Cc2ccc(OCc3ccccc3)cc2)cc1. The van der Waals surface area contributed by atoms with E-state index < -0.39 is 0 Å². The lowest BCUT2D eigenvalue weighted by Crippen LogP contribution is -2.27. The summed E-state index contributed by atoms with van der Waals surface area (Å²) in [5, 5.41) is 12.0. The number of benzene rings is 3. The van der Waals surface area contributed by atoms with Gasteiger partial charge in [-0.05, 0) is 41.0 Å². The maximum Gasteiger partial charge on any atom is 0.235 e. The summed E-state index contributed by atoms with van der Waals surface area (Å²) in [6.45, 7) is 1.52. The molecule has 4 rings (SSSR count). The zero-order valence-electron chi connectivity index (χ0n) is 15.9. The molecule has 1 fully saturated rings. The lowest BCUT2D eigenvalue weighted by atomic mass is 10.1. The molecule has 1 N–H and O–H groups in total. The maximum atomic E-state index is 12.0. The van der Waals surface area contributed by atoms with Crippen LogP contribution in [0.1, 0.15) is 28.4 Å². The fourth-order valence-corrected chi connectivity index (χ4v) is 3.41. The van der Waals surface area contributed by atoms with Crippen LogP contribution >= 0.6 is 0 Å². The molecule has 5 nitrogen and oxygen atoms in total. The minimum atomic E-state index is -0.191. The van der Waals surface area contributed by atoms with Crippen LogP contribution in [0.4, 0.5) is 0 Å². The van der Waals surface area contributed by atoms with E-state index in [9.17, 15) is 4.79 Å². The summed E-state index contributed by atoms with van der Waals surface area (Å²) < 4.78 is 5.84. The highest BCUT2D eigenvalue weighted by atomic mass is 16.5. The Balaban J connectivity index is 1.40. The third-order valence-electron chi connectivity index (χ3n) is 4.92. The van der Waals surface area contributed by atoms with Crippen LogP contribution in [-0.4, -0.2) is 17.4 Å². The van der Waals surface area contributed by atoms with E-state index in [1.54, 1.807) is 12.1 Å². The maximum absolute atomic E-state index is 12.0. The smallest absolute Gasteiger partial charge is 0.235 e. The Kier molecular flexibility index (Phi) is 5.55. The zero-order valence-corrected chi connectivity index (χ0v) is 15.9. The summed E-state index contributed by atoms with van der Waals surface area (Å²) in [4.78, 5) is 14.1. The van der Waals surface area contributed by atoms with Gasteiger partial charge in [-0.2, -0.15) is 5.26 Å². The van der Waals surface area contributed by atoms with Crippen molar-refractivity contribution in [3.8, 4) is 11.8 Å². The van der Waals surface area contributed by atoms with Crippen molar-refractivity contribution in [3.63, 3.8) is 0 Å². The molecule has 3 aromatic carbocycles. The van der Waals surface area contributed by atoms with Crippen molar-refractivity contribution in [2.75, 3.05) is 6.54 Å². The molecular formula is C24H21N3O2. The van der Waals surface area contributed by atoms with Gasteiger partial charge in [-0.15, -0.1) is 0 Å². The lowest BCUT2D eigenvalue weighted by molar-refractivity contribution is -0.118. The molecule has 0 radical (unpaired) electrons. The van der Waals surface area contributed by atoms with Gasteiger partial charge in [0.1, 0.15) is 18.5 Å². The molecule has 0 saturated carbocycles. The number of ether oxygens (including phenoxy) is 1. The first kappa shape index (κ1) is 18.7. The zero-order chi connectivity index (χ0) is 20.1. The van der Waals surface area contributed by atoms with E-state index >= 15 is 0 Å². The molecule has 0 aliphatic carbocycles. The van der Waals surface area contributed by atoms with Gasteiger partial charge in [0, 0.05) is 6.54 Å². The molecule has 3 aromatic rings. The van der Waals surface area contributed by atoms with E-state index in [1.807, 2.05) is 66.7 Å². The fraction of sp³-hybridized carbons (Fsp3) is 0.167. The average Bonchev–Trinajstić information content (AvgIpc) is 3.14. The molecule has 0 spiro atoms. The Morgan fingerprint density at radius 2 is 1.69 bits per heavy atom. The molecule has 0 unspecified atom stereocenters. The van der Waals surface area contributed by atoms with Crippen LogP contribution in [0.3, 0.4) is 0 Å². The van der Waals surface area contributed by atoms with Crippen LogP contribution in [0.5, 0.6) is 5.75 Å². The summed E-state index contributed by atoms with van der Waals surface area (Å²) in [6.07, 6.45) is -0.191. The molecule has 1 amide bonds. The van der Waals surface area contributed by atoms with Gasteiger partial charge in [-0.3, -0.25) is 9.69 Å². The molecule has 144 valence electrons. The molecule has 1 heterocycles. The summed E-state index contributed by atoms with van der Waals surface area (Å²) >= 11 is 0. The summed E-state index contributed by atoms with van der Waals surface area (Å²) in [7, 11) is 0. The van der Waals surface area contributed by atoms with Crippen LogP contribution in [0, 0.1) is 11.3 Å². The first-order valence-electron chi connectivity index (χ1n) is 9.50. The largest absolute Gasteiger partial charge is 0.489 e. The Morgan fingerprint density at radius 1 is 0.966 bits per heavy atom. The standard InChI is InChI=1S/C24H21N3O2/c25-14-18-6-10-21(11-7-18)24-26-23(28)16-27(24)15-19-8-12-22(13-9-19)29-17-20-4-2-1-3-5-20/h1-13,24H,15-17H2,(H,26,28)/t24-/m1/s1. The molecule has 1 aliphatic rings. The van der Waals surface area contributed by atoms with Gasteiger partial charge in [-0.1, -0.05) is 54.6 Å². The number of nitriles is 1. The highest BCUT2D eigenvalue weighted by Gasteiger charge is 2.30. The topological polar surface area (TPSA) is 65.4 Å². The van der Waals surface area contributed by atoms with Crippen LogP contribution in [0.25, 0.3) is 0 Å². The van der Waals surface area contributed by atoms with Gasteiger partial charge in [0.05, 0.1) is 18.2 Å². The number of rotatable bonds is 6. The van der Waals surface area contributed by atoms with E-state index in [2.05, 4.69) is 16.3 Å². The van der Waals surface area contributed by atoms with Crippen molar-refractivity contribution >= 4 is 5.91 Å². The average molecular weight is 383 g/mol. The van der Waals surface area contributed by atoms with Crippen molar-refractivity contribution in [1.29, 1.82) is 5.26 Å². The van der Waals surface area contributed by atoms with E-state index in [-0.39, 0.29) is 12.1 Å². The third-order valence-corrected chi connectivity index (χ3v) is 4.92. The summed E-state index contributed by atoms with van der Waals surface area (Å²) in [5.41, 5.74) is 3.81. The van der Waals surface area contributed by atoms with Crippen molar-refractivity contribution in [1.82, 2.24) is 10.2 Å². The van der Waals surface area contributed by atoms with Gasteiger partial charge in [-0.25, -0.2) is 0 Å². The summed E-state index contributed by atoms with van der Waals surface area (Å²) in [5.74, 6) is 0.819. The second-order valence-corrected chi connectivity index (χ2v) is 7.03. The number of nitrogens with zero attached hydrogens (tertiary/aromatic N) is 2. The molecule has 0 bridgehead atoms. The van der Waals surface area contributed by atoms with Crippen LogP contribution in [-0.2, 0) is 17.9 Å². The van der Waals surface area contributed by atoms with Crippen molar-refractivity contribution < 1.29 is 9.53 Å². The number of amides is 1. The van der Waals surface area contributed by atoms with E-state index in [0.717, 1.165) is 22.4 Å². The Hall–Kier alpha value is -3.62.